The molecule has 0 aromatic heterocycles. The number of hydrogen-bond acceptors (Lipinski definition) is 3. The lowest BCUT2D eigenvalue weighted by Crippen LogP contribution is -2.56. The van der Waals surface area contributed by atoms with Crippen LogP contribution in [0.4, 0.5) is 8.78 Å². The molecule has 4 fully saturated rings. The summed E-state index contributed by atoms with van der Waals surface area (Å²) in [5, 5.41) is 0. The van der Waals surface area contributed by atoms with E-state index in [9.17, 15) is 18.4 Å². The quantitative estimate of drug-likeness (QED) is 0.707. The number of hydrogen-bond donors (Lipinski definition) is 0. The van der Waals surface area contributed by atoms with Crippen molar-refractivity contribution in [3.8, 4) is 0 Å². The molecule has 2 aromatic carbocycles. The molecular weight excluding hydrogens is 414 g/mol. The number of nitrogens with zero attached hydrogens (tertiary/aromatic N) is 2. The number of carbonyl (C=O) groups is 2. The first-order valence-corrected chi connectivity index (χ1v) is 11.3. The van der Waals surface area contributed by atoms with E-state index in [-0.39, 0.29) is 30.1 Å². The van der Waals surface area contributed by atoms with Crippen molar-refractivity contribution in [3.05, 3.63) is 71.3 Å². The molecule has 4 aliphatic heterocycles. The molecule has 4 saturated heterocycles. The van der Waals surface area contributed by atoms with Gasteiger partial charge in [-0.25, -0.2) is 8.78 Å². The molecule has 0 N–H and O–H groups in total. The maximum atomic E-state index is 13.8. The van der Waals surface area contributed by atoms with Crippen LogP contribution in [0.3, 0.4) is 0 Å². The van der Waals surface area contributed by atoms with Gasteiger partial charge in [-0.1, -0.05) is 18.2 Å². The van der Waals surface area contributed by atoms with E-state index in [2.05, 4.69) is 0 Å². The molecule has 1 spiro atoms. The van der Waals surface area contributed by atoms with E-state index < -0.39 is 23.3 Å². The Labute approximate surface area is 184 Å². The standard InChI is InChI=1S/C25H24F2N2O3/c26-17-10-16(11-18(27)12-17)21-8-9-22-29(21)24(31)25(32-22)13-19-6-7-20(14-25)28(19)23(30)15-4-2-1-3-5-15/h1-5,10-12,19-22H,6-9,13-14H2/t19?,20?,21-,22+,25?/m0/s1. The number of fused-ring (bicyclic) bond motifs is 3. The van der Waals surface area contributed by atoms with Crippen LogP contribution in [0.1, 0.15) is 60.5 Å². The van der Waals surface area contributed by atoms with E-state index in [1.165, 1.54) is 12.1 Å². The highest BCUT2D eigenvalue weighted by Gasteiger charge is 2.62. The molecule has 7 heteroatoms. The molecule has 4 atom stereocenters. The van der Waals surface area contributed by atoms with Crippen LogP contribution >= 0.6 is 0 Å². The highest BCUT2D eigenvalue weighted by Crippen LogP contribution is 2.52. The summed E-state index contributed by atoms with van der Waals surface area (Å²) in [7, 11) is 0. The number of ether oxygens (including phenoxy) is 1. The molecule has 0 aliphatic carbocycles. The Balaban J connectivity index is 1.26. The minimum atomic E-state index is -0.950. The highest BCUT2D eigenvalue weighted by molar-refractivity contribution is 5.95. The van der Waals surface area contributed by atoms with E-state index in [0.29, 0.717) is 36.8 Å². The first-order valence-electron chi connectivity index (χ1n) is 11.3. The Hall–Kier alpha value is -2.80. The second-order valence-corrected chi connectivity index (χ2v) is 9.45. The van der Waals surface area contributed by atoms with Gasteiger partial charge in [-0.2, -0.15) is 0 Å². The summed E-state index contributed by atoms with van der Waals surface area (Å²) in [5.41, 5.74) is 0.181. The van der Waals surface area contributed by atoms with Gasteiger partial charge >= 0.3 is 0 Å². The molecular formula is C25H24F2N2O3. The lowest BCUT2D eigenvalue weighted by molar-refractivity contribution is -0.145. The average molecular weight is 438 g/mol. The van der Waals surface area contributed by atoms with Gasteiger partial charge in [0.05, 0.1) is 6.04 Å². The molecule has 4 heterocycles. The van der Waals surface area contributed by atoms with Crippen molar-refractivity contribution in [1.82, 2.24) is 9.80 Å². The molecule has 0 saturated carbocycles. The van der Waals surface area contributed by atoms with E-state index in [0.717, 1.165) is 18.9 Å². The lowest BCUT2D eigenvalue weighted by Gasteiger charge is -2.43. The van der Waals surface area contributed by atoms with Crippen molar-refractivity contribution in [2.24, 2.45) is 0 Å². The van der Waals surface area contributed by atoms with Crippen LogP contribution in [0.5, 0.6) is 0 Å². The van der Waals surface area contributed by atoms with Crippen LogP contribution in [0.25, 0.3) is 0 Å². The number of rotatable bonds is 2. The summed E-state index contributed by atoms with van der Waals surface area (Å²) < 4.78 is 34.1. The van der Waals surface area contributed by atoms with Gasteiger partial charge < -0.3 is 14.5 Å². The molecule has 5 nitrogen and oxygen atoms in total. The molecule has 2 bridgehead atoms. The van der Waals surface area contributed by atoms with Crippen molar-refractivity contribution < 1.29 is 23.1 Å². The molecule has 2 amide bonds. The molecule has 4 aliphatic rings. The van der Waals surface area contributed by atoms with E-state index in [1.54, 1.807) is 4.90 Å². The second kappa shape index (κ2) is 7.10. The first-order chi connectivity index (χ1) is 15.4. The number of carbonyl (C=O) groups excluding carboxylic acids is 2. The van der Waals surface area contributed by atoms with Crippen molar-refractivity contribution >= 4 is 11.8 Å². The summed E-state index contributed by atoms with van der Waals surface area (Å²) in [5.74, 6) is -1.38. The topological polar surface area (TPSA) is 49.9 Å². The third-order valence-electron chi connectivity index (χ3n) is 7.59. The zero-order valence-electron chi connectivity index (χ0n) is 17.5. The van der Waals surface area contributed by atoms with Gasteiger partial charge in [-0.3, -0.25) is 9.59 Å². The van der Waals surface area contributed by atoms with E-state index >= 15 is 0 Å². The van der Waals surface area contributed by atoms with Crippen molar-refractivity contribution in [2.75, 3.05) is 0 Å². The fraction of sp³-hybridized carbons (Fsp3) is 0.440. The fourth-order valence-electron chi connectivity index (χ4n) is 6.35. The SMILES string of the molecule is O=C(c1ccccc1)N1C2CCC1CC1(C2)O[C@@H]2CC[C@@H](c3cc(F)cc(F)c3)N2C1=O. The predicted molar refractivity (Wildman–Crippen MR) is 111 cm³/mol. The smallest absolute Gasteiger partial charge is 0.257 e. The number of halogens is 2. The molecule has 32 heavy (non-hydrogen) atoms. The monoisotopic (exact) mass is 438 g/mol. The second-order valence-electron chi connectivity index (χ2n) is 9.45. The fourth-order valence-corrected chi connectivity index (χ4v) is 6.35. The van der Waals surface area contributed by atoms with Gasteiger partial charge in [0.25, 0.3) is 11.8 Å². The largest absolute Gasteiger partial charge is 0.342 e. The predicted octanol–water partition coefficient (Wildman–Crippen LogP) is 4.19. The minimum Gasteiger partial charge on any atom is -0.342 e. The number of amides is 2. The van der Waals surface area contributed by atoms with Crippen LogP contribution < -0.4 is 0 Å². The number of benzene rings is 2. The Kier molecular flexibility index (Phi) is 4.41. The maximum absolute atomic E-state index is 13.8. The van der Waals surface area contributed by atoms with Crippen LogP contribution in [-0.4, -0.2) is 45.5 Å². The van der Waals surface area contributed by atoms with Gasteiger partial charge in [-0.05, 0) is 55.5 Å². The summed E-state index contributed by atoms with van der Waals surface area (Å²) in [4.78, 5) is 30.5. The Bertz CT molecular complexity index is 1060. The van der Waals surface area contributed by atoms with Crippen LogP contribution in [-0.2, 0) is 9.53 Å². The average Bonchev–Trinajstić information content (AvgIpc) is 3.38. The Morgan fingerprint density at radius 3 is 2.25 bits per heavy atom. The Morgan fingerprint density at radius 2 is 1.59 bits per heavy atom. The molecule has 2 unspecified atom stereocenters. The zero-order chi connectivity index (χ0) is 22.0. The molecule has 166 valence electrons. The van der Waals surface area contributed by atoms with Crippen molar-refractivity contribution in [2.45, 2.75) is 68.5 Å². The maximum Gasteiger partial charge on any atom is 0.257 e. The minimum absolute atomic E-state index is 0.00649. The first kappa shape index (κ1) is 19.9. The third-order valence-corrected chi connectivity index (χ3v) is 7.59. The van der Waals surface area contributed by atoms with Gasteiger partial charge in [0, 0.05) is 36.6 Å². The van der Waals surface area contributed by atoms with Gasteiger partial charge in [0.1, 0.15) is 17.9 Å². The van der Waals surface area contributed by atoms with Gasteiger partial charge in [0.15, 0.2) is 5.60 Å². The number of piperidine rings is 1. The molecule has 6 rings (SSSR count). The summed E-state index contributed by atoms with van der Waals surface area (Å²) in [6.45, 7) is 0. The van der Waals surface area contributed by atoms with Gasteiger partial charge in [-0.15, -0.1) is 0 Å². The van der Waals surface area contributed by atoms with Crippen molar-refractivity contribution in [1.29, 1.82) is 0 Å². The van der Waals surface area contributed by atoms with Crippen LogP contribution in [0.2, 0.25) is 0 Å². The molecule has 2 aromatic rings. The lowest BCUT2D eigenvalue weighted by atomic mass is 9.84. The normalized spacial score (nSPS) is 33.2. The van der Waals surface area contributed by atoms with Crippen molar-refractivity contribution in [3.63, 3.8) is 0 Å². The summed E-state index contributed by atoms with van der Waals surface area (Å²) in [6.07, 6.45) is 3.51. The third kappa shape index (κ3) is 2.90. The Morgan fingerprint density at radius 1 is 0.938 bits per heavy atom. The highest BCUT2D eigenvalue weighted by atomic mass is 19.1. The van der Waals surface area contributed by atoms with E-state index in [4.69, 9.17) is 4.74 Å². The molecule has 0 radical (unpaired) electrons. The van der Waals surface area contributed by atoms with Crippen LogP contribution in [0, 0.1) is 11.6 Å². The summed E-state index contributed by atoms with van der Waals surface area (Å²) >= 11 is 0. The van der Waals surface area contributed by atoms with Crippen LogP contribution in [0.15, 0.2) is 48.5 Å². The van der Waals surface area contributed by atoms with Gasteiger partial charge in [0.2, 0.25) is 0 Å². The zero-order valence-corrected chi connectivity index (χ0v) is 17.5. The summed E-state index contributed by atoms with van der Waals surface area (Å²) in [6, 6.07) is 12.2. The van der Waals surface area contributed by atoms with E-state index in [1.807, 2.05) is 35.2 Å².